The number of hydrogen-bond donors (Lipinski definition) is 2. The first kappa shape index (κ1) is 17.5. The molecule has 0 amide bonds. The molecule has 0 spiro atoms. The molecular formula is C16H27BrN2O. The first-order chi connectivity index (χ1) is 9.19. The van der Waals surface area contributed by atoms with Crippen molar-refractivity contribution in [3.05, 3.63) is 28.2 Å². The molecule has 0 fully saturated rings. The van der Waals surface area contributed by atoms with Crippen LogP contribution in [-0.2, 0) is 6.54 Å². The number of nitrogens with one attached hydrogen (secondary N) is 1. The van der Waals surface area contributed by atoms with Gasteiger partial charge in [-0.1, -0.05) is 6.07 Å². The van der Waals surface area contributed by atoms with Crippen LogP contribution in [0.1, 0.15) is 39.7 Å². The Morgan fingerprint density at radius 3 is 2.50 bits per heavy atom. The van der Waals surface area contributed by atoms with Gasteiger partial charge in [0.2, 0.25) is 0 Å². The second kappa shape index (κ2) is 7.43. The SMILES string of the molecule is CC(O)CCN(C)c1ccc(CNC(C)(C)C)cc1Br. The molecule has 1 rings (SSSR count). The highest BCUT2D eigenvalue weighted by Crippen LogP contribution is 2.27. The van der Waals surface area contributed by atoms with E-state index in [4.69, 9.17) is 0 Å². The fourth-order valence-corrected chi connectivity index (χ4v) is 2.57. The molecule has 0 aliphatic heterocycles. The van der Waals surface area contributed by atoms with Gasteiger partial charge >= 0.3 is 0 Å². The molecule has 0 radical (unpaired) electrons. The van der Waals surface area contributed by atoms with Gasteiger partial charge < -0.3 is 15.3 Å². The number of nitrogens with zero attached hydrogens (tertiary/aromatic N) is 1. The number of halogens is 1. The maximum atomic E-state index is 9.36. The van der Waals surface area contributed by atoms with Crippen LogP contribution in [0.5, 0.6) is 0 Å². The number of anilines is 1. The number of benzene rings is 1. The average Bonchev–Trinajstić information content (AvgIpc) is 2.32. The van der Waals surface area contributed by atoms with E-state index in [9.17, 15) is 5.11 Å². The summed E-state index contributed by atoms with van der Waals surface area (Å²) >= 11 is 3.64. The minimum Gasteiger partial charge on any atom is -0.393 e. The van der Waals surface area contributed by atoms with Crippen molar-refractivity contribution in [2.45, 2.75) is 52.3 Å². The van der Waals surface area contributed by atoms with Gasteiger partial charge in [-0.3, -0.25) is 0 Å². The highest BCUT2D eigenvalue weighted by molar-refractivity contribution is 9.10. The minimum atomic E-state index is -0.258. The van der Waals surface area contributed by atoms with E-state index in [-0.39, 0.29) is 11.6 Å². The molecule has 0 saturated carbocycles. The lowest BCUT2D eigenvalue weighted by Gasteiger charge is -2.23. The summed E-state index contributed by atoms with van der Waals surface area (Å²) in [7, 11) is 2.05. The van der Waals surface area contributed by atoms with Crippen LogP contribution in [0, 0.1) is 0 Å². The zero-order chi connectivity index (χ0) is 15.3. The molecule has 114 valence electrons. The van der Waals surface area contributed by atoms with Gasteiger partial charge in [-0.2, -0.15) is 0 Å². The van der Waals surface area contributed by atoms with E-state index in [0.29, 0.717) is 0 Å². The molecule has 20 heavy (non-hydrogen) atoms. The van der Waals surface area contributed by atoms with E-state index in [1.165, 1.54) is 5.56 Å². The number of aliphatic hydroxyl groups is 1. The first-order valence-electron chi connectivity index (χ1n) is 7.11. The van der Waals surface area contributed by atoms with E-state index in [1.54, 1.807) is 0 Å². The molecule has 2 N–H and O–H groups in total. The molecule has 0 aliphatic rings. The van der Waals surface area contributed by atoms with Gasteiger partial charge in [0, 0.05) is 30.1 Å². The van der Waals surface area contributed by atoms with Crippen LogP contribution < -0.4 is 10.2 Å². The summed E-state index contributed by atoms with van der Waals surface area (Å²) in [6, 6.07) is 6.44. The molecule has 3 nitrogen and oxygen atoms in total. The Morgan fingerprint density at radius 1 is 1.35 bits per heavy atom. The molecule has 0 bridgehead atoms. The highest BCUT2D eigenvalue weighted by Gasteiger charge is 2.11. The van der Waals surface area contributed by atoms with Gasteiger partial charge in [-0.15, -0.1) is 0 Å². The van der Waals surface area contributed by atoms with Crippen molar-refractivity contribution in [2.24, 2.45) is 0 Å². The third-order valence-corrected chi connectivity index (χ3v) is 3.76. The van der Waals surface area contributed by atoms with E-state index >= 15 is 0 Å². The number of rotatable bonds is 6. The zero-order valence-electron chi connectivity index (χ0n) is 13.2. The molecular weight excluding hydrogens is 316 g/mol. The normalized spacial score (nSPS) is 13.3. The summed E-state index contributed by atoms with van der Waals surface area (Å²) in [6.07, 6.45) is 0.516. The van der Waals surface area contributed by atoms with E-state index in [1.807, 2.05) is 6.92 Å². The van der Waals surface area contributed by atoms with Crippen LogP contribution in [0.4, 0.5) is 5.69 Å². The Bertz CT molecular complexity index is 427. The van der Waals surface area contributed by atoms with Crippen LogP contribution in [-0.4, -0.2) is 30.3 Å². The van der Waals surface area contributed by atoms with Gasteiger partial charge in [-0.05, 0) is 67.7 Å². The van der Waals surface area contributed by atoms with Crippen molar-refractivity contribution in [3.8, 4) is 0 Å². The third kappa shape index (κ3) is 6.25. The molecule has 4 heteroatoms. The van der Waals surface area contributed by atoms with Crippen LogP contribution in [0.15, 0.2) is 22.7 Å². The summed E-state index contributed by atoms with van der Waals surface area (Å²) < 4.78 is 1.10. The molecule has 1 atom stereocenters. The van der Waals surface area contributed by atoms with Crippen molar-refractivity contribution in [2.75, 3.05) is 18.5 Å². The maximum Gasteiger partial charge on any atom is 0.0528 e. The quantitative estimate of drug-likeness (QED) is 0.829. The van der Waals surface area contributed by atoms with Crippen molar-refractivity contribution in [3.63, 3.8) is 0 Å². The minimum absolute atomic E-state index is 0.124. The number of hydrogen-bond acceptors (Lipinski definition) is 3. The van der Waals surface area contributed by atoms with Crippen molar-refractivity contribution in [1.82, 2.24) is 5.32 Å². The second-order valence-electron chi connectivity index (χ2n) is 6.45. The van der Waals surface area contributed by atoms with E-state index in [0.717, 1.165) is 29.7 Å². The maximum absolute atomic E-state index is 9.36. The molecule has 1 aromatic rings. The van der Waals surface area contributed by atoms with Crippen molar-refractivity contribution >= 4 is 21.6 Å². The van der Waals surface area contributed by atoms with Crippen LogP contribution in [0.25, 0.3) is 0 Å². The molecule has 0 aliphatic carbocycles. The summed E-state index contributed by atoms with van der Waals surface area (Å²) in [5.74, 6) is 0. The smallest absolute Gasteiger partial charge is 0.0528 e. The van der Waals surface area contributed by atoms with Crippen LogP contribution >= 0.6 is 15.9 Å². The predicted octanol–water partition coefficient (Wildman–Crippen LogP) is 3.54. The standard InChI is InChI=1S/C16H27BrN2O/c1-12(20)8-9-19(5)15-7-6-13(10-14(15)17)11-18-16(2,3)4/h6-7,10,12,18,20H,8-9,11H2,1-5H3. The summed E-state index contributed by atoms with van der Waals surface area (Å²) in [5.41, 5.74) is 2.55. The molecule has 1 aromatic carbocycles. The fourth-order valence-electron chi connectivity index (χ4n) is 1.84. The molecule has 0 saturated heterocycles. The average molecular weight is 343 g/mol. The Balaban J connectivity index is 2.67. The van der Waals surface area contributed by atoms with E-state index < -0.39 is 0 Å². The predicted molar refractivity (Wildman–Crippen MR) is 90.3 cm³/mol. The van der Waals surface area contributed by atoms with Gasteiger partial charge in [0.05, 0.1) is 11.8 Å². The van der Waals surface area contributed by atoms with Crippen molar-refractivity contribution in [1.29, 1.82) is 0 Å². The number of aliphatic hydroxyl groups excluding tert-OH is 1. The summed E-state index contributed by atoms with van der Waals surface area (Å²) in [6.45, 7) is 10.0. The van der Waals surface area contributed by atoms with Crippen molar-refractivity contribution < 1.29 is 5.11 Å². The molecule has 0 heterocycles. The summed E-state index contributed by atoms with van der Waals surface area (Å²) in [5, 5.41) is 12.8. The fraction of sp³-hybridized carbons (Fsp3) is 0.625. The van der Waals surface area contributed by atoms with Crippen LogP contribution in [0.2, 0.25) is 0 Å². The Hall–Kier alpha value is -0.580. The largest absolute Gasteiger partial charge is 0.393 e. The van der Waals surface area contributed by atoms with Crippen LogP contribution in [0.3, 0.4) is 0 Å². The third-order valence-electron chi connectivity index (χ3n) is 3.13. The highest BCUT2D eigenvalue weighted by atomic mass is 79.9. The Kier molecular flexibility index (Phi) is 6.49. The summed E-state index contributed by atoms with van der Waals surface area (Å²) in [4.78, 5) is 2.16. The van der Waals surface area contributed by atoms with Gasteiger partial charge in [-0.25, -0.2) is 0 Å². The second-order valence-corrected chi connectivity index (χ2v) is 7.30. The molecule has 0 aromatic heterocycles. The molecule has 1 unspecified atom stereocenters. The lowest BCUT2D eigenvalue weighted by molar-refractivity contribution is 0.187. The first-order valence-corrected chi connectivity index (χ1v) is 7.91. The zero-order valence-corrected chi connectivity index (χ0v) is 14.8. The lowest BCUT2D eigenvalue weighted by Crippen LogP contribution is -2.35. The van der Waals surface area contributed by atoms with E-state index in [2.05, 4.69) is 72.2 Å². The van der Waals surface area contributed by atoms with Gasteiger partial charge in [0.25, 0.3) is 0 Å². The topological polar surface area (TPSA) is 35.5 Å². The van der Waals surface area contributed by atoms with Gasteiger partial charge in [0.15, 0.2) is 0 Å². The Labute approximate surface area is 131 Å². The van der Waals surface area contributed by atoms with Gasteiger partial charge in [0.1, 0.15) is 0 Å². The Morgan fingerprint density at radius 2 is 2.00 bits per heavy atom. The lowest BCUT2D eigenvalue weighted by atomic mass is 10.1. The monoisotopic (exact) mass is 342 g/mol.